The molecule has 0 saturated heterocycles. The lowest BCUT2D eigenvalue weighted by molar-refractivity contribution is -0.105. The Labute approximate surface area is 113 Å². The lowest BCUT2D eigenvalue weighted by Crippen LogP contribution is -2.21. The summed E-state index contributed by atoms with van der Waals surface area (Å²) in [7, 11) is 0. The molecule has 0 heterocycles. The predicted molar refractivity (Wildman–Crippen MR) is 79.3 cm³/mol. The molecule has 0 aromatic heterocycles. The summed E-state index contributed by atoms with van der Waals surface area (Å²) in [5.41, 5.74) is 3.20. The lowest BCUT2D eigenvalue weighted by Gasteiger charge is -2.23. The first kappa shape index (κ1) is 13.1. The number of rotatable bonds is 6. The molecule has 2 aromatic carbocycles. The molecule has 0 aliphatic carbocycles. The highest BCUT2D eigenvalue weighted by Crippen LogP contribution is 2.21. The van der Waals surface area contributed by atoms with Crippen LogP contribution in [0.15, 0.2) is 54.6 Å². The quantitative estimate of drug-likeness (QED) is 0.802. The minimum atomic E-state index is 0.701. The lowest BCUT2D eigenvalue weighted by atomic mass is 10.2. The van der Waals surface area contributed by atoms with Crippen LogP contribution in [0.1, 0.15) is 12.5 Å². The van der Waals surface area contributed by atoms with Crippen molar-refractivity contribution in [2.45, 2.75) is 13.5 Å². The average Bonchev–Trinajstić information content (AvgIpc) is 2.46. The Balaban J connectivity index is 2.17. The second-order valence-electron chi connectivity index (χ2n) is 4.31. The fraction of sp³-hybridized carbons (Fsp3) is 0.188. The largest absolute Gasteiger partial charge is 0.367 e. The van der Waals surface area contributed by atoms with E-state index in [0.717, 1.165) is 24.5 Å². The zero-order valence-corrected chi connectivity index (χ0v) is 11.0. The van der Waals surface area contributed by atoms with Crippen molar-refractivity contribution in [2.24, 2.45) is 0 Å². The highest BCUT2D eigenvalue weighted by molar-refractivity contribution is 5.73. The minimum absolute atomic E-state index is 0.701. The summed E-state index contributed by atoms with van der Waals surface area (Å²) in [4.78, 5) is 12.8. The first-order valence-electron chi connectivity index (χ1n) is 6.42. The molecule has 0 saturated carbocycles. The van der Waals surface area contributed by atoms with Gasteiger partial charge in [0.05, 0.1) is 0 Å². The molecule has 0 unspecified atom stereocenters. The molecule has 0 bridgehead atoms. The van der Waals surface area contributed by atoms with Crippen molar-refractivity contribution < 1.29 is 4.79 Å². The summed E-state index contributed by atoms with van der Waals surface area (Å²) in [5.74, 6) is 0. The van der Waals surface area contributed by atoms with Gasteiger partial charge in [-0.25, -0.2) is 0 Å². The summed E-state index contributed by atoms with van der Waals surface area (Å²) in [6.45, 7) is 3.91. The molecule has 1 N–H and O–H groups in total. The number of nitrogens with zero attached hydrogens (tertiary/aromatic N) is 1. The van der Waals surface area contributed by atoms with Gasteiger partial charge in [0.25, 0.3) is 0 Å². The van der Waals surface area contributed by atoms with Gasteiger partial charge in [-0.3, -0.25) is 4.79 Å². The van der Waals surface area contributed by atoms with Gasteiger partial charge < -0.3 is 10.2 Å². The summed E-state index contributed by atoms with van der Waals surface area (Å²) in [6, 6.07) is 18.2. The van der Waals surface area contributed by atoms with Gasteiger partial charge >= 0.3 is 0 Å². The van der Waals surface area contributed by atoms with E-state index in [1.165, 1.54) is 5.56 Å². The molecule has 0 radical (unpaired) electrons. The molecule has 2 rings (SSSR count). The van der Waals surface area contributed by atoms with Crippen LogP contribution in [0, 0.1) is 0 Å². The zero-order chi connectivity index (χ0) is 13.5. The number of nitrogens with one attached hydrogen (secondary N) is 1. The van der Waals surface area contributed by atoms with E-state index in [1.54, 1.807) is 0 Å². The van der Waals surface area contributed by atoms with Gasteiger partial charge in [-0.2, -0.15) is 0 Å². The van der Waals surface area contributed by atoms with Gasteiger partial charge in [-0.1, -0.05) is 36.4 Å². The molecule has 19 heavy (non-hydrogen) atoms. The van der Waals surface area contributed by atoms with Crippen molar-refractivity contribution in [1.29, 1.82) is 0 Å². The third-order valence-electron chi connectivity index (χ3n) is 3.03. The van der Waals surface area contributed by atoms with Crippen LogP contribution in [0.3, 0.4) is 0 Å². The second-order valence-corrected chi connectivity index (χ2v) is 4.31. The van der Waals surface area contributed by atoms with Crippen molar-refractivity contribution in [3.8, 4) is 0 Å². The Morgan fingerprint density at radius 3 is 2.58 bits per heavy atom. The Kier molecular flexibility index (Phi) is 4.56. The van der Waals surface area contributed by atoms with Crippen LogP contribution in [-0.4, -0.2) is 13.0 Å². The summed E-state index contributed by atoms with van der Waals surface area (Å²) >= 11 is 0. The van der Waals surface area contributed by atoms with Gasteiger partial charge in [0.15, 0.2) is 0 Å². The number of carbonyl (C=O) groups excluding carboxylic acids is 1. The first-order valence-corrected chi connectivity index (χ1v) is 6.42. The van der Waals surface area contributed by atoms with Crippen molar-refractivity contribution in [3.05, 3.63) is 60.2 Å². The van der Waals surface area contributed by atoms with Crippen LogP contribution < -0.4 is 10.2 Å². The molecule has 0 atom stereocenters. The van der Waals surface area contributed by atoms with Gasteiger partial charge in [0, 0.05) is 24.5 Å². The molecule has 3 nitrogen and oxygen atoms in total. The Bertz CT molecular complexity index is 525. The van der Waals surface area contributed by atoms with Crippen LogP contribution in [0.25, 0.3) is 0 Å². The van der Waals surface area contributed by atoms with E-state index in [9.17, 15) is 4.79 Å². The van der Waals surface area contributed by atoms with Crippen LogP contribution in [-0.2, 0) is 11.3 Å². The standard InChI is InChI=1S/C16H18N2O/c1-2-18(12-14-7-4-3-5-8-14)16-10-6-9-15(11-16)17-13-19/h3-11,13H,2,12H2,1H3,(H,17,19). The van der Waals surface area contributed by atoms with Gasteiger partial charge in [0.1, 0.15) is 0 Å². The topological polar surface area (TPSA) is 32.3 Å². The summed E-state index contributed by atoms with van der Waals surface area (Å²) in [5, 5.41) is 2.68. The molecule has 0 aliphatic rings. The molecule has 0 aliphatic heterocycles. The van der Waals surface area contributed by atoms with E-state index in [-0.39, 0.29) is 0 Å². The molecule has 2 aromatic rings. The van der Waals surface area contributed by atoms with Crippen LogP contribution >= 0.6 is 0 Å². The van der Waals surface area contributed by atoms with E-state index in [1.807, 2.05) is 36.4 Å². The van der Waals surface area contributed by atoms with E-state index in [2.05, 4.69) is 35.3 Å². The van der Waals surface area contributed by atoms with Crippen molar-refractivity contribution in [3.63, 3.8) is 0 Å². The molecular weight excluding hydrogens is 236 g/mol. The van der Waals surface area contributed by atoms with Crippen molar-refractivity contribution in [2.75, 3.05) is 16.8 Å². The van der Waals surface area contributed by atoms with Gasteiger partial charge in [-0.15, -0.1) is 0 Å². The van der Waals surface area contributed by atoms with E-state index in [0.29, 0.717) is 6.41 Å². The molecule has 0 fully saturated rings. The normalized spacial score (nSPS) is 9.95. The maximum absolute atomic E-state index is 10.5. The number of carbonyl (C=O) groups is 1. The zero-order valence-electron chi connectivity index (χ0n) is 11.0. The summed E-state index contributed by atoms with van der Waals surface area (Å²) in [6.07, 6.45) is 0.701. The van der Waals surface area contributed by atoms with Gasteiger partial charge in [0.2, 0.25) is 6.41 Å². The summed E-state index contributed by atoms with van der Waals surface area (Å²) < 4.78 is 0. The maximum Gasteiger partial charge on any atom is 0.211 e. The average molecular weight is 254 g/mol. The number of hydrogen-bond acceptors (Lipinski definition) is 2. The fourth-order valence-electron chi connectivity index (χ4n) is 2.05. The Morgan fingerprint density at radius 2 is 1.89 bits per heavy atom. The van der Waals surface area contributed by atoms with Crippen LogP contribution in [0.2, 0.25) is 0 Å². The maximum atomic E-state index is 10.5. The molecule has 1 amide bonds. The third-order valence-corrected chi connectivity index (χ3v) is 3.03. The minimum Gasteiger partial charge on any atom is -0.367 e. The van der Waals surface area contributed by atoms with E-state index < -0.39 is 0 Å². The SMILES string of the molecule is CCN(Cc1ccccc1)c1cccc(NC=O)c1. The predicted octanol–water partition coefficient (Wildman–Crippen LogP) is 3.28. The smallest absolute Gasteiger partial charge is 0.211 e. The first-order chi connectivity index (χ1) is 9.33. The van der Waals surface area contributed by atoms with E-state index in [4.69, 9.17) is 0 Å². The number of amides is 1. The number of hydrogen-bond donors (Lipinski definition) is 1. The van der Waals surface area contributed by atoms with Crippen molar-refractivity contribution in [1.82, 2.24) is 0 Å². The monoisotopic (exact) mass is 254 g/mol. The third kappa shape index (κ3) is 3.58. The molecular formula is C16H18N2O. The molecule has 0 spiro atoms. The van der Waals surface area contributed by atoms with Gasteiger partial charge in [-0.05, 0) is 30.7 Å². The Morgan fingerprint density at radius 1 is 1.11 bits per heavy atom. The number of anilines is 2. The highest BCUT2D eigenvalue weighted by Gasteiger charge is 2.05. The van der Waals surface area contributed by atoms with E-state index >= 15 is 0 Å². The van der Waals surface area contributed by atoms with Crippen LogP contribution in [0.5, 0.6) is 0 Å². The highest BCUT2D eigenvalue weighted by atomic mass is 16.1. The Hall–Kier alpha value is -2.29. The molecule has 3 heteroatoms. The second kappa shape index (κ2) is 6.59. The van der Waals surface area contributed by atoms with Crippen molar-refractivity contribution >= 4 is 17.8 Å². The van der Waals surface area contributed by atoms with Crippen LogP contribution in [0.4, 0.5) is 11.4 Å². The fourth-order valence-corrected chi connectivity index (χ4v) is 2.05. The molecule has 98 valence electrons. The number of benzene rings is 2.